The Morgan fingerprint density at radius 3 is 0.858 bits per heavy atom. The van der Waals surface area contributed by atoms with Gasteiger partial charge in [0.1, 0.15) is 84.1 Å². The minimum absolute atomic E-state index is 0.0313. The van der Waals surface area contributed by atoms with Crippen molar-refractivity contribution in [2.75, 3.05) is 36.0 Å². The van der Waals surface area contributed by atoms with Crippen LogP contribution in [0.1, 0.15) is 137 Å². The molecule has 9 aromatic heterocycles. The zero-order chi connectivity index (χ0) is 76.0. The molecule has 3 unspecified atom stereocenters. The van der Waals surface area contributed by atoms with Gasteiger partial charge in [-0.2, -0.15) is 0 Å². The average Bonchev–Trinajstić information content (AvgIpc) is 1.60. The number of rotatable bonds is 15. The second-order valence-corrected chi connectivity index (χ2v) is 26.5. The maximum Gasteiger partial charge on any atom is 0.350 e. The Kier molecular flexibility index (Phi) is 20.1. The molecule has 0 spiro atoms. The first-order chi connectivity index (χ1) is 50.6. The SMILES string of the molecule is CC(=O)O.COC(=O)c1sc(N2C(=O)C(O)=C(C(=O)c3cc4ccccc4o3)C2c2ccc(C)o2)nc1C.COC(=O)c1sc(N2C(=O)C(O)=C(C(=O)c3cc4ccccc4o3)C2c2ccc(C)o2)nc1C.COC(=O)c1sc(N2C(=O)C(O)=C(C(=O)c3cc4ccccc4o3)C2c2ccc(C)o2)nc1C. The first-order valence-electron chi connectivity index (χ1n) is 31.6. The van der Waals surface area contributed by atoms with E-state index >= 15 is 0 Å². The number of aryl methyl sites for hydroxylation is 6. The highest BCUT2D eigenvalue weighted by atomic mass is 32.1. The van der Waals surface area contributed by atoms with Crippen LogP contribution in [-0.2, 0) is 33.4 Å². The topological polar surface area (TPSA) is 407 Å². The normalized spacial score (nSPS) is 15.7. The number of thiazole rings is 3. The molecule has 32 heteroatoms. The number of carboxylic acids is 1. The van der Waals surface area contributed by atoms with E-state index in [4.69, 9.17) is 50.6 Å². The molecule has 29 nitrogen and oxygen atoms in total. The Morgan fingerprint density at radius 1 is 0.396 bits per heavy atom. The number of esters is 3. The van der Waals surface area contributed by atoms with E-state index in [9.17, 15) is 58.5 Å². The highest BCUT2D eigenvalue weighted by molar-refractivity contribution is 7.18. The second kappa shape index (κ2) is 29.3. The van der Waals surface area contributed by atoms with Crippen molar-refractivity contribution in [1.82, 2.24) is 15.0 Å². The lowest BCUT2D eigenvalue weighted by Crippen LogP contribution is -2.30. The van der Waals surface area contributed by atoms with E-state index in [1.807, 2.05) is 18.2 Å². The van der Waals surface area contributed by atoms with Gasteiger partial charge in [0.25, 0.3) is 23.7 Å². The van der Waals surface area contributed by atoms with Crippen molar-refractivity contribution in [2.45, 2.75) is 66.6 Å². The standard InChI is InChI=1S/3C24H18N2O7S.C2H4O2/c3*1-11-8-9-15(32-11)18-17(19(27)16-10-13-6-4-5-7-14(13)33-16)20(28)22(29)26(18)24-25-12(2)21(34-24)23(30)31-3;1-2(3)4/h3*4-10,18,28H,1-3H3;1H3,(H,3,4). The predicted molar refractivity (Wildman–Crippen MR) is 379 cm³/mol. The molecule has 0 fully saturated rings. The number of aromatic nitrogens is 3. The molecule has 0 bridgehead atoms. The number of para-hydroxylation sites is 3. The third kappa shape index (κ3) is 13.6. The number of ether oxygens (including phenoxy) is 3. The number of aliphatic carboxylic acids is 1. The van der Waals surface area contributed by atoms with E-state index in [2.05, 4.69) is 15.0 Å². The number of methoxy groups -OCH3 is 3. The van der Waals surface area contributed by atoms with Crippen molar-refractivity contribution >= 4 is 141 Å². The molecule has 3 aromatic carbocycles. The van der Waals surface area contributed by atoms with E-state index in [0.29, 0.717) is 67.3 Å². The van der Waals surface area contributed by atoms with Gasteiger partial charge in [0, 0.05) is 23.1 Å². The van der Waals surface area contributed by atoms with Gasteiger partial charge in [0.2, 0.25) is 17.3 Å². The molecule has 3 aliphatic heterocycles. The lowest BCUT2D eigenvalue weighted by Gasteiger charge is -2.22. The van der Waals surface area contributed by atoms with Crippen LogP contribution in [0, 0.1) is 41.5 Å². The van der Waals surface area contributed by atoms with E-state index < -0.39 is 94.4 Å². The van der Waals surface area contributed by atoms with Gasteiger partial charge in [0.15, 0.2) is 50.0 Å². The highest BCUT2D eigenvalue weighted by Crippen LogP contribution is 2.48. The number of carbonyl (C=O) groups is 10. The number of aliphatic hydroxyl groups excluding tert-OH is 3. The van der Waals surface area contributed by atoms with E-state index in [1.165, 1.54) is 21.3 Å². The molecule has 3 atom stereocenters. The van der Waals surface area contributed by atoms with Crippen LogP contribution in [0.4, 0.5) is 15.4 Å². The molecule has 0 radical (unpaired) electrons. The Hall–Kier alpha value is -13.1. The third-order valence-electron chi connectivity index (χ3n) is 16.5. The number of ketones is 3. The molecule has 3 aliphatic rings. The summed E-state index contributed by atoms with van der Waals surface area (Å²) in [5, 5.41) is 42.4. The summed E-state index contributed by atoms with van der Waals surface area (Å²) in [5.41, 5.74) is 1.94. The Labute approximate surface area is 609 Å². The van der Waals surface area contributed by atoms with Crippen LogP contribution in [0.25, 0.3) is 32.9 Å². The number of furan rings is 6. The highest BCUT2D eigenvalue weighted by Gasteiger charge is 2.52. The summed E-state index contributed by atoms with van der Waals surface area (Å²) in [6.07, 6.45) is 0. The van der Waals surface area contributed by atoms with Crippen molar-refractivity contribution < 1.29 is 109 Å². The summed E-state index contributed by atoms with van der Waals surface area (Å²) < 4.78 is 48.7. The molecule has 3 amide bonds. The Morgan fingerprint density at radius 2 is 0.642 bits per heavy atom. The first-order valence-corrected chi connectivity index (χ1v) is 34.0. The first kappa shape index (κ1) is 72.7. The lowest BCUT2D eigenvalue weighted by atomic mass is 10.00. The molecule has 0 saturated heterocycles. The molecule has 4 N–H and O–H groups in total. The summed E-state index contributed by atoms with van der Waals surface area (Å²) in [7, 11) is 3.73. The maximum atomic E-state index is 13.5. The van der Waals surface area contributed by atoms with Crippen molar-refractivity contribution in [1.29, 1.82) is 0 Å². The fraction of sp³-hybridized carbons (Fsp3) is 0.176. The number of fused-ring (bicyclic) bond motifs is 3. The summed E-state index contributed by atoms with van der Waals surface area (Å²) in [6.45, 7) is 11.1. The van der Waals surface area contributed by atoms with Gasteiger partial charge in [-0.1, -0.05) is 88.6 Å². The molecule has 540 valence electrons. The zero-order valence-corrected chi connectivity index (χ0v) is 59.8. The van der Waals surface area contributed by atoms with Gasteiger partial charge in [-0.15, -0.1) is 0 Å². The average molecular weight is 1500 g/mol. The zero-order valence-electron chi connectivity index (χ0n) is 57.3. The van der Waals surface area contributed by atoms with Crippen LogP contribution in [0.5, 0.6) is 0 Å². The third-order valence-corrected chi connectivity index (χ3v) is 19.9. The number of aliphatic hydroxyl groups is 3. The summed E-state index contributed by atoms with van der Waals surface area (Å²) >= 11 is 2.76. The van der Waals surface area contributed by atoms with Gasteiger partial charge in [0.05, 0.1) is 55.1 Å². The van der Waals surface area contributed by atoms with Gasteiger partial charge in [-0.05, 0) is 114 Å². The molecule has 15 rings (SSSR count). The molecular formula is C74H58N6O23S3. The molecule has 0 aliphatic carbocycles. The molecule has 12 aromatic rings. The minimum Gasteiger partial charge on any atom is -0.503 e. The molecule has 106 heavy (non-hydrogen) atoms. The molecular weight excluding hydrogens is 1440 g/mol. The van der Waals surface area contributed by atoms with Gasteiger partial charge >= 0.3 is 17.9 Å². The van der Waals surface area contributed by atoms with Crippen molar-refractivity contribution in [2.24, 2.45) is 0 Å². The van der Waals surface area contributed by atoms with Crippen LogP contribution in [0.15, 0.2) is 188 Å². The number of carboxylic acid groups (broad SMARTS) is 1. The van der Waals surface area contributed by atoms with Crippen LogP contribution < -0.4 is 14.7 Å². The number of benzene rings is 3. The van der Waals surface area contributed by atoms with E-state index in [1.54, 1.807) is 151 Å². The Bertz CT molecular complexity index is 5070. The number of Topliss-reactive ketones (excluding diaryl/α,β-unsaturated/α-hetero) is 3. The van der Waals surface area contributed by atoms with E-state index in [0.717, 1.165) is 55.6 Å². The number of hydrogen-bond acceptors (Lipinski definition) is 28. The minimum atomic E-state index is -1.11. The van der Waals surface area contributed by atoms with Crippen LogP contribution in [0.3, 0.4) is 0 Å². The van der Waals surface area contributed by atoms with Gasteiger partial charge in [-0.3, -0.25) is 48.3 Å². The maximum absolute atomic E-state index is 13.5. The Balaban J connectivity index is 0.000000145. The number of nitrogens with zero attached hydrogens (tertiary/aromatic N) is 6. The molecule has 12 heterocycles. The van der Waals surface area contributed by atoms with Gasteiger partial charge < -0.3 is 61.1 Å². The summed E-state index contributed by atoms with van der Waals surface area (Å²) in [5.74, 6) is -7.06. The van der Waals surface area contributed by atoms with Crippen molar-refractivity contribution in [3.63, 3.8) is 0 Å². The second-order valence-electron chi connectivity index (χ2n) is 23.5. The van der Waals surface area contributed by atoms with Crippen LogP contribution in [-0.4, -0.2) is 116 Å². The van der Waals surface area contributed by atoms with E-state index in [-0.39, 0.29) is 81.3 Å². The number of amides is 3. The lowest BCUT2D eigenvalue weighted by molar-refractivity contribution is -0.134. The predicted octanol–water partition coefficient (Wildman–Crippen LogP) is 14.1. The van der Waals surface area contributed by atoms with Crippen molar-refractivity contribution in [3.05, 3.63) is 245 Å². The number of hydrogen-bond donors (Lipinski definition) is 4. The van der Waals surface area contributed by atoms with Crippen molar-refractivity contribution in [3.8, 4) is 0 Å². The quantitative estimate of drug-likeness (QED) is 0.0421. The largest absolute Gasteiger partial charge is 0.503 e. The number of carbonyl (C=O) groups excluding carboxylic acids is 9. The van der Waals surface area contributed by atoms with Gasteiger partial charge in [-0.25, -0.2) is 29.3 Å². The monoisotopic (exact) mass is 1490 g/mol. The fourth-order valence-corrected chi connectivity index (χ4v) is 14.7. The smallest absolute Gasteiger partial charge is 0.350 e. The molecule has 0 saturated carbocycles. The summed E-state index contributed by atoms with van der Waals surface area (Å²) in [6, 6.07) is 32.5. The van der Waals surface area contributed by atoms with Crippen LogP contribution in [0.2, 0.25) is 0 Å². The number of anilines is 3. The fourth-order valence-electron chi connectivity index (χ4n) is 11.7. The van der Waals surface area contributed by atoms with Crippen LogP contribution >= 0.6 is 34.0 Å². The summed E-state index contributed by atoms with van der Waals surface area (Å²) in [4.78, 5) is 143.